The van der Waals surface area contributed by atoms with E-state index in [-0.39, 0.29) is 29.9 Å². The van der Waals surface area contributed by atoms with Crippen molar-refractivity contribution in [2.75, 3.05) is 26.7 Å². The Kier molecular flexibility index (Phi) is 11.1. The van der Waals surface area contributed by atoms with E-state index >= 15 is 0 Å². The zero-order valence-corrected chi connectivity index (χ0v) is 17.5. The van der Waals surface area contributed by atoms with E-state index in [4.69, 9.17) is 0 Å². The van der Waals surface area contributed by atoms with Crippen LogP contribution in [0.1, 0.15) is 37.0 Å². The maximum Gasteiger partial charge on any atom is 0.220 e. The molecule has 0 spiro atoms. The smallest absolute Gasteiger partial charge is 0.220 e. The highest BCUT2D eigenvalue weighted by atomic mass is 127. The van der Waals surface area contributed by atoms with E-state index in [0.29, 0.717) is 25.4 Å². The van der Waals surface area contributed by atoms with E-state index in [9.17, 15) is 4.79 Å². The second-order valence-electron chi connectivity index (χ2n) is 5.96. The molecule has 1 aromatic heterocycles. The van der Waals surface area contributed by atoms with Gasteiger partial charge in [0.25, 0.3) is 0 Å². The SMILES string of the molecule is CN=C(NCCNC(=O)CC1CCCC1)NCCc1cccs1.I. The second-order valence-corrected chi connectivity index (χ2v) is 6.99. The summed E-state index contributed by atoms with van der Waals surface area (Å²) in [6.45, 7) is 2.18. The highest BCUT2D eigenvalue weighted by Gasteiger charge is 2.17. The van der Waals surface area contributed by atoms with E-state index in [1.165, 1.54) is 30.6 Å². The number of guanidine groups is 1. The third-order valence-electron chi connectivity index (χ3n) is 4.16. The highest BCUT2D eigenvalue weighted by Crippen LogP contribution is 2.27. The predicted molar refractivity (Wildman–Crippen MR) is 112 cm³/mol. The van der Waals surface area contributed by atoms with Crippen molar-refractivity contribution >= 4 is 47.2 Å². The second kappa shape index (κ2) is 12.5. The van der Waals surface area contributed by atoms with Gasteiger partial charge in [0.1, 0.15) is 0 Å². The molecular formula is C17H29IN4OS. The molecule has 0 bridgehead atoms. The number of rotatable bonds is 8. The lowest BCUT2D eigenvalue weighted by atomic mass is 10.0. The molecule has 7 heteroatoms. The normalized spacial score (nSPS) is 15.0. The van der Waals surface area contributed by atoms with Crippen LogP contribution in [-0.4, -0.2) is 38.5 Å². The van der Waals surface area contributed by atoms with Crippen molar-refractivity contribution in [2.45, 2.75) is 38.5 Å². The van der Waals surface area contributed by atoms with Crippen LogP contribution >= 0.6 is 35.3 Å². The molecule has 1 heterocycles. The molecular weight excluding hydrogens is 435 g/mol. The maximum absolute atomic E-state index is 11.8. The molecule has 0 saturated heterocycles. The third kappa shape index (κ3) is 8.32. The van der Waals surface area contributed by atoms with Crippen molar-refractivity contribution in [3.63, 3.8) is 0 Å². The molecule has 136 valence electrons. The van der Waals surface area contributed by atoms with Gasteiger partial charge in [-0.1, -0.05) is 18.9 Å². The van der Waals surface area contributed by atoms with Gasteiger partial charge in [0.15, 0.2) is 5.96 Å². The van der Waals surface area contributed by atoms with Gasteiger partial charge in [0.2, 0.25) is 5.91 Å². The average molecular weight is 464 g/mol. The molecule has 1 amide bonds. The van der Waals surface area contributed by atoms with Crippen LogP contribution in [0.5, 0.6) is 0 Å². The van der Waals surface area contributed by atoms with Gasteiger partial charge in [-0.05, 0) is 36.6 Å². The van der Waals surface area contributed by atoms with E-state index in [1.807, 2.05) is 0 Å². The molecule has 1 aliphatic rings. The van der Waals surface area contributed by atoms with Crippen LogP contribution in [0.15, 0.2) is 22.5 Å². The summed E-state index contributed by atoms with van der Waals surface area (Å²) in [4.78, 5) is 17.4. The summed E-state index contributed by atoms with van der Waals surface area (Å²) < 4.78 is 0. The molecule has 24 heavy (non-hydrogen) atoms. The molecule has 0 radical (unpaired) electrons. The number of hydrogen-bond donors (Lipinski definition) is 3. The van der Waals surface area contributed by atoms with Crippen LogP contribution in [0.4, 0.5) is 0 Å². The minimum atomic E-state index is 0. The Morgan fingerprint density at radius 2 is 1.92 bits per heavy atom. The molecule has 1 fully saturated rings. The van der Waals surface area contributed by atoms with Crippen LogP contribution in [0.3, 0.4) is 0 Å². The van der Waals surface area contributed by atoms with Crippen LogP contribution < -0.4 is 16.0 Å². The summed E-state index contributed by atoms with van der Waals surface area (Å²) in [6.07, 6.45) is 6.68. The first-order valence-corrected chi connectivity index (χ1v) is 9.39. The molecule has 1 aliphatic carbocycles. The number of thiophene rings is 1. The molecule has 0 aliphatic heterocycles. The summed E-state index contributed by atoms with van der Waals surface area (Å²) in [7, 11) is 1.76. The number of carbonyl (C=O) groups is 1. The summed E-state index contributed by atoms with van der Waals surface area (Å²) in [5.74, 6) is 1.57. The molecule has 0 atom stereocenters. The van der Waals surface area contributed by atoms with Gasteiger partial charge in [-0.3, -0.25) is 9.79 Å². The summed E-state index contributed by atoms with van der Waals surface area (Å²) in [5.41, 5.74) is 0. The van der Waals surface area contributed by atoms with Crippen LogP contribution in [-0.2, 0) is 11.2 Å². The first-order valence-electron chi connectivity index (χ1n) is 8.51. The Morgan fingerprint density at radius 3 is 2.58 bits per heavy atom. The largest absolute Gasteiger partial charge is 0.356 e. The number of amides is 1. The average Bonchev–Trinajstić information content (AvgIpc) is 3.23. The van der Waals surface area contributed by atoms with Gasteiger partial charge in [0.05, 0.1) is 0 Å². The third-order valence-corrected chi connectivity index (χ3v) is 5.09. The zero-order valence-electron chi connectivity index (χ0n) is 14.3. The van der Waals surface area contributed by atoms with Gasteiger partial charge in [0, 0.05) is 38.0 Å². The predicted octanol–water partition coefficient (Wildman–Crippen LogP) is 2.77. The van der Waals surface area contributed by atoms with Crippen molar-refractivity contribution in [1.82, 2.24) is 16.0 Å². The van der Waals surface area contributed by atoms with Crippen LogP contribution in [0.25, 0.3) is 0 Å². The van der Waals surface area contributed by atoms with Gasteiger partial charge in [-0.15, -0.1) is 35.3 Å². The lowest BCUT2D eigenvalue weighted by Gasteiger charge is -2.13. The topological polar surface area (TPSA) is 65.5 Å². The Morgan fingerprint density at radius 1 is 1.21 bits per heavy atom. The molecule has 2 rings (SSSR count). The number of aliphatic imine (C=N–C) groups is 1. The monoisotopic (exact) mass is 464 g/mol. The molecule has 5 nitrogen and oxygen atoms in total. The highest BCUT2D eigenvalue weighted by molar-refractivity contribution is 14.0. The Labute approximate surface area is 166 Å². The fourth-order valence-corrected chi connectivity index (χ4v) is 3.62. The van der Waals surface area contributed by atoms with Crippen molar-refractivity contribution in [1.29, 1.82) is 0 Å². The summed E-state index contributed by atoms with van der Waals surface area (Å²) >= 11 is 1.77. The lowest BCUT2D eigenvalue weighted by Crippen LogP contribution is -2.42. The number of hydrogen-bond acceptors (Lipinski definition) is 3. The van der Waals surface area contributed by atoms with E-state index in [2.05, 4.69) is 38.5 Å². The van der Waals surface area contributed by atoms with Crippen molar-refractivity contribution in [3.8, 4) is 0 Å². The molecule has 0 unspecified atom stereocenters. The molecule has 1 saturated carbocycles. The number of halogens is 1. The minimum absolute atomic E-state index is 0. The summed E-state index contributed by atoms with van der Waals surface area (Å²) in [6, 6.07) is 4.21. The standard InChI is InChI=1S/C17H28N4OS.HI/c1-18-17(20-9-8-15-7-4-12-23-15)21-11-10-19-16(22)13-14-5-2-3-6-14;/h4,7,12,14H,2-3,5-6,8-11,13H2,1H3,(H,19,22)(H2,18,20,21);1H. The van der Waals surface area contributed by atoms with Crippen LogP contribution in [0.2, 0.25) is 0 Å². The fourth-order valence-electron chi connectivity index (χ4n) is 2.91. The van der Waals surface area contributed by atoms with E-state index in [1.54, 1.807) is 18.4 Å². The van der Waals surface area contributed by atoms with Gasteiger partial charge >= 0.3 is 0 Å². The van der Waals surface area contributed by atoms with E-state index < -0.39 is 0 Å². The van der Waals surface area contributed by atoms with Crippen molar-refractivity contribution < 1.29 is 4.79 Å². The first-order chi connectivity index (χ1) is 11.3. The first kappa shape index (κ1) is 21.2. The Balaban J connectivity index is 0.00000288. The molecule has 3 N–H and O–H groups in total. The van der Waals surface area contributed by atoms with Crippen LogP contribution in [0, 0.1) is 5.92 Å². The number of nitrogens with one attached hydrogen (secondary N) is 3. The quantitative estimate of drug-likeness (QED) is 0.240. The minimum Gasteiger partial charge on any atom is -0.356 e. The van der Waals surface area contributed by atoms with Gasteiger partial charge in [-0.2, -0.15) is 0 Å². The fraction of sp³-hybridized carbons (Fsp3) is 0.647. The lowest BCUT2D eigenvalue weighted by molar-refractivity contribution is -0.121. The Hall–Kier alpha value is -0.830. The number of carbonyl (C=O) groups excluding carboxylic acids is 1. The number of nitrogens with zero attached hydrogens (tertiary/aromatic N) is 1. The van der Waals surface area contributed by atoms with E-state index in [0.717, 1.165) is 18.9 Å². The van der Waals surface area contributed by atoms with Gasteiger partial charge < -0.3 is 16.0 Å². The Bertz CT molecular complexity index is 487. The van der Waals surface area contributed by atoms with Gasteiger partial charge in [-0.25, -0.2) is 0 Å². The maximum atomic E-state index is 11.8. The molecule has 1 aromatic rings. The van der Waals surface area contributed by atoms with Crippen molar-refractivity contribution in [2.24, 2.45) is 10.9 Å². The summed E-state index contributed by atoms with van der Waals surface area (Å²) in [5, 5.41) is 11.6. The molecule has 0 aromatic carbocycles. The zero-order chi connectivity index (χ0) is 16.3. The van der Waals surface area contributed by atoms with Crippen molar-refractivity contribution in [3.05, 3.63) is 22.4 Å².